The Bertz CT molecular complexity index is 1350. The Labute approximate surface area is 197 Å². The smallest absolute Gasteiger partial charge is 0.262 e. The molecular weight excluding hydrogens is 458 g/mol. The van der Waals surface area contributed by atoms with Gasteiger partial charge in [-0.05, 0) is 61.0 Å². The minimum absolute atomic E-state index is 0.0449. The number of benzene rings is 3. The van der Waals surface area contributed by atoms with Crippen LogP contribution in [-0.4, -0.2) is 33.4 Å². The van der Waals surface area contributed by atoms with Crippen molar-refractivity contribution in [2.45, 2.75) is 18.7 Å². The van der Waals surface area contributed by atoms with Crippen LogP contribution in [0, 0.1) is 6.92 Å². The fraction of sp³-hybridized carbons (Fsp3) is 0.167. The standard InChI is InChI=1S/C24H23N3O6S/c1-15-3-4-17(13-21(15)25-16(2)28)24(29)26-18-5-7-19(8-6-18)27-34(30,31)20-9-10-22-23(14-20)33-12-11-32-22/h3-10,13-14,27H,11-12H2,1-2H3,(H,25,28)(H,26,29). The first kappa shape index (κ1) is 23.1. The molecule has 1 aliphatic rings. The number of hydrogen-bond acceptors (Lipinski definition) is 6. The summed E-state index contributed by atoms with van der Waals surface area (Å²) < 4.78 is 38.9. The maximum Gasteiger partial charge on any atom is 0.262 e. The number of aryl methyl sites for hydroxylation is 1. The number of amides is 2. The lowest BCUT2D eigenvalue weighted by atomic mass is 10.1. The van der Waals surface area contributed by atoms with Crippen LogP contribution >= 0.6 is 0 Å². The zero-order chi connectivity index (χ0) is 24.3. The van der Waals surface area contributed by atoms with Crippen LogP contribution in [0.25, 0.3) is 0 Å². The molecule has 0 radical (unpaired) electrons. The van der Waals surface area contributed by atoms with Crippen LogP contribution in [0.1, 0.15) is 22.8 Å². The lowest BCUT2D eigenvalue weighted by Crippen LogP contribution is -2.17. The van der Waals surface area contributed by atoms with Gasteiger partial charge in [0.25, 0.3) is 15.9 Å². The lowest BCUT2D eigenvalue weighted by Gasteiger charge is -2.19. The summed E-state index contributed by atoms with van der Waals surface area (Å²) in [5.74, 6) is 0.291. The Hall–Kier alpha value is -4.05. The van der Waals surface area contributed by atoms with E-state index in [-0.39, 0.29) is 16.7 Å². The topological polar surface area (TPSA) is 123 Å². The molecular formula is C24H23N3O6S. The molecule has 3 aromatic carbocycles. The third-order valence-corrected chi connectivity index (χ3v) is 6.41. The molecule has 0 saturated heterocycles. The van der Waals surface area contributed by atoms with Gasteiger partial charge in [0.15, 0.2) is 11.5 Å². The first-order valence-corrected chi connectivity index (χ1v) is 11.9. The molecule has 0 bridgehead atoms. The molecule has 0 saturated carbocycles. The number of fused-ring (bicyclic) bond motifs is 1. The van der Waals surface area contributed by atoms with E-state index in [1.54, 1.807) is 48.5 Å². The van der Waals surface area contributed by atoms with Crippen molar-refractivity contribution in [3.63, 3.8) is 0 Å². The minimum atomic E-state index is -3.85. The Morgan fingerprint density at radius 3 is 2.21 bits per heavy atom. The molecule has 1 aliphatic heterocycles. The van der Waals surface area contributed by atoms with E-state index in [4.69, 9.17) is 9.47 Å². The van der Waals surface area contributed by atoms with E-state index in [1.807, 2.05) is 6.92 Å². The Balaban J connectivity index is 1.44. The largest absolute Gasteiger partial charge is 0.486 e. The minimum Gasteiger partial charge on any atom is -0.486 e. The number of ether oxygens (including phenoxy) is 2. The number of hydrogen-bond donors (Lipinski definition) is 3. The number of nitrogens with one attached hydrogen (secondary N) is 3. The Morgan fingerprint density at radius 1 is 0.824 bits per heavy atom. The molecule has 3 aromatic rings. The van der Waals surface area contributed by atoms with Crippen molar-refractivity contribution in [2.24, 2.45) is 0 Å². The molecule has 2 amide bonds. The fourth-order valence-corrected chi connectivity index (χ4v) is 4.39. The normalized spacial score (nSPS) is 12.5. The molecule has 4 rings (SSSR count). The zero-order valence-electron chi connectivity index (χ0n) is 18.5. The summed E-state index contributed by atoms with van der Waals surface area (Å²) in [4.78, 5) is 24.0. The molecule has 1 heterocycles. The summed E-state index contributed by atoms with van der Waals surface area (Å²) in [6.45, 7) is 4.00. The van der Waals surface area contributed by atoms with Gasteiger partial charge in [0.05, 0.1) is 4.90 Å². The molecule has 0 fully saturated rings. The number of carbonyl (C=O) groups excluding carboxylic acids is 2. The van der Waals surface area contributed by atoms with Crippen molar-refractivity contribution < 1.29 is 27.5 Å². The lowest BCUT2D eigenvalue weighted by molar-refractivity contribution is -0.114. The van der Waals surface area contributed by atoms with Crippen LogP contribution in [0.5, 0.6) is 11.5 Å². The van der Waals surface area contributed by atoms with E-state index in [9.17, 15) is 18.0 Å². The maximum absolute atomic E-state index is 12.8. The number of rotatable bonds is 6. The molecule has 0 spiro atoms. The highest BCUT2D eigenvalue weighted by Crippen LogP contribution is 2.32. The van der Waals surface area contributed by atoms with Crippen molar-refractivity contribution in [3.8, 4) is 11.5 Å². The predicted molar refractivity (Wildman–Crippen MR) is 128 cm³/mol. The van der Waals surface area contributed by atoms with E-state index in [1.165, 1.54) is 19.1 Å². The SMILES string of the molecule is CC(=O)Nc1cc(C(=O)Nc2ccc(NS(=O)(=O)c3ccc4c(c3)OCCO4)cc2)ccc1C. The van der Waals surface area contributed by atoms with Gasteiger partial charge in [-0.1, -0.05) is 6.07 Å². The van der Waals surface area contributed by atoms with E-state index in [0.717, 1.165) is 5.56 Å². The van der Waals surface area contributed by atoms with Crippen LogP contribution in [0.3, 0.4) is 0 Å². The van der Waals surface area contributed by atoms with Crippen molar-refractivity contribution in [1.29, 1.82) is 0 Å². The summed E-state index contributed by atoms with van der Waals surface area (Å²) in [6.07, 6.45) is 0. The molecule has 0 aliphatic carbocycles. The van der Waals surface area contributed by atoms with Crippen LogP contribution in [-0.2, 0) is 14.8 Å². The van der Waals surface area contributed by atoms with Gasteiger partial charge in [0.2, 0.25) is 5.91 Å². The van der Waals surface area contributed by atoms with Crippen LogP contribution < -0.4 is 24.8 Å². The molecule has 0 atom stereocenters. The maximum atomic E-state index is 12.8. The van der Waals surface area contributed by atoms with Crippen molar-refractivity contribution in [2.75, 3.05) is 28.6 Å². The van der Waals surface area contributed by atoms with E-state index >= 15 is 0 Å². The zero-order valence-corrected chi connectivity index (χ0v) is 19.4. The molecule has 9 nitrogen and oxygen atoms in total. The Morgan fingerprint density at radius 2 is 1.50 bits per heavy atom. The van der Waals surface area contributed by atoms with Gasteiger partial charge < -0.3 is 20.1 Å². The average Bonchev–Trinajstić information content (AvgIpc) is 2.81. The summed E-state index contributed by atoms with van der Waals surface area (Å²) in [5, 5.41) is 5.45. The van der Waals surface area contributed by atoms with Crippen LogP contribution in [0.4, 0.5) is 17.1 Å². The monoisotopic (exact) mass is 481 g/mol. The van der Waals surface area contributed by atoms with E-state index in [2.05, 4.69) is 15.4 Å². The third-order valence-electron chi connectivity index (χ3n) is 5.03. The van der Waals surface area contributed by atoms with Crippen LogP contribution in [0.2, 0.25) is 0 Å². The molecule has 0 unspecified atom stereocenters. The summed E-state index contributed by atoms with van der Waals surface area (Å²) >= 11 is 0. The molecule has 0 aromatic heterocycles. The number of carbonyl (C=O) groups is 2. The van der Waals surface area contributed by atoms with Gasteiger partial charge >= 0.3 is 0 Å². The highest BCUT2D eigenvalue weighted by molar-refractivity contribution is 7.92. The van der Waals surface area contributed by atoms with Crippen LogP contribution in [0.15, 0.2) is 65.6 Å². The van der Waals surface area contributed by atoms with Gasteiger partial charge in [0, 0.05) is 35.6 Å². The van der Waals surface area contributed by atoms with Gasteiger partial charge in [-0.25, -0.2) is 8.42 Å². The summed E-state index contributed by atoms with van der Waals surface area (Å²) in [6, 6.07) is 15.7. The Kier molecular flexibility index (Phi) is 6.42. The van der Waals surface area contributed by atoms with Crippen molar-refractivity contribution in [3.05, 3.63) is 71.8 Å². The predicted octanol–water partition coefficient (Wildman–Crippen LogP) is 3.78. The molecule has 3 N–H and O–H groups in total. The van der Waals surface area contributed by atoms with Gasteiger partial charge in [0.1, 0.15) is 13.2 Å². The quantitative estimate of drug-likeness (QED) is 0.493. The van der Waals surface area contributed by atoms with Crippen molar-refractivity contribution >= 4 is 38.9 Å². The van der Waals surface area contributed by atoms with Gasteiger partial charge in [-0.2, -0.15) is 0 Å². The molecule has 10 heteroatoms. The highest BCUT2D eigenvalue weighted by Gasteiger charge is 2.19. The summed E-state index contributed by atoms with van der Waals surface area (Å²) in [5.41, 5.74) is 2.58. The van der Waals surface area contributed by atoms with E-state index < -0.39 is 10.0 Å². The molecule has 176 valence electrons. The second-order valence-corrected chi connectivity index (χ2v) is 9.34. The highest BCUT2D eigenvalue weighted by atomic mass is 32.2. The third kappa shape index (κ3) is 5.29. The molecule has 34 heavy (non-hydrogen) atoms. The average molecular weight is 482 g/mol. The fourth-order valence-electron chi connectivity index (χ4n) is 3.32. The summed E-state index contributed by atoms with van der Waals surface area (Å²) in [7, 11) is -3.85. The van der Waals surface area contributed by atoms with Gasteiger partial charge in [-0.3, -0.25) is 14.3 Å². The second-order valence-electron chi connectivity index (χ2n) is 7.65. The first-order chi connectivity index (χ1) is 16.2. The first-order valence-electron chi connectivity index (χ1n) is 10.4. The van der Waals surface area contributed by atoms with E-state index in [0.29, 0.717) is 47.3 Å². The second kappa shape index (κ2) is 9.44. The van der Waals surface area contributed by atoms with Gasteiger partial charge in [-0.15, -0.1) is 0 Å². The number of anilines is 3. The number of sulfonamides is 1. The van der Waals surface area contributed by atoms with Crippen molar-refractivity contribution in [1.82, 2.24) is 0 Å².